The van der Waals surface area contributed by atoms with Gasteiger partial charge in [0.15, 0.2) is 0 Å². The second-order valence-corrected chi connectivity index (χ2v) is 7.80. The van der Waals surface area contributed by atoms with Gasteiger partial charge in [0.2, 0.25) is 0 Å². The van der Waals surface area contributed by atoms with Crippen molar-refractivity contribution < 1.29 is 0 Å². The normalized spacial score (nSPS) is 29.0. The van der Waals surface area contributed by atoms with Crippen molar-refractivity contribution in [3.63, 3.8) is 0 Å². The monoisotopic (exact) mass is 294 g/mol. The van der Waals surface area contributed by atoms with E-state index in [2.05, 4.69) is 31.0 Å². The van der Waals surface area contributed by atoms with E-state index < -0.39 is 0 Å². The minimum absolute atomic E-state index is 0.715. The zero-order valence-electron chi connectivity index (χ0n) is 14.7. The molecule has 2 nitrogen and oxygen atoms in total. The zero-order chi connectivity index (χ0) is 15.1. The fraction of sp³-hybridized carbons (Fsp3) is 1.00. The molecule has 1 saturated heterocycles. The molecule has 0 aromatic carbocycles. The lowest BCUT2D eigenvalue weighted by Gasteiger charge is -2.38. The lowest BCUT2D eigenvalue weighted by Crippen LogP contribution is -2.45. The molecule has 2 atom stereocenters. The maximum Gasteiger partial charge on any atom is 0.00981 e. The summed E-state index contributed by atoms with van der Waals surface area (Å²) in [4.78, 5) is 2.87. The van der Waals surface area contributed by atoms with Crippen LogP contribution in [0.1, 0.15) is 78.6 Å². The van der Waals surface area contributed by atoms with Crippen LogP contribution in [0.5, 0.6) is 0 Å². The summed E-state index contributed by atoms with van der Waals surface area (Å²) in [5.41, 5.74) is 0. The van der Waals surface area contributed by atoms with Crippen LogP contribution in [0.15, 0.2) is 0 Å². The highest BCUT2D eigenvalue weighted by atomic mass is 15.2. The second kappa shape index (κ2) is 9.15. The van der Waals surface area contributed by atoms with Crippen molar-refractivity contribution in [3.8, 4) is 0 Å². The Hall–Kier alpha value is -0.0800. The molecule has 2 aliphatic rings. The molecule has 0 aromatic rings. The molecule has 124 valence electrons. The summed E-state index contributed by atoms with van der Waals surface area (Å²) in [6.07, 6.45) is 12.9. The number of nitrogens with zero attached hydrogens (tertiary/aromatic N) is 1. The third-order valence-electron chi connectivity index (χ3n) is 5.81. The van der Waals surface area contributed by atoms with Crippen LogP contribution >= 0.6 is 0 Å². The van der Waals surface area contributed by atoms with Gasteiger partial charge in [-0.3, -0.25) is 4.90 Å². The molecular weight excluding hydrogens is 256 g/mol. The molecule has 2 rings (SSSR count). The van der Waals surface area contributed by atoms with E-state index >= 15 is 0 Å². The Morgan fingerprint density at radius 1 is 0.952 bits per heavy atom. The molecule has 1 saturated carbocycles. The molecule has 1 aliphatic heterocycles. The van der Waals surface area contributed by atoms with Gasteiger partial charge in [-0.25, -0.2) is 0 Å². The topological polar surface area (TPSA) is 15.3 Å². The Labute approximate surface area is 133 Å². The lowest BCUT2D eigenvalue weighted by molar-refractivity contribution is 0.105. The van der Waals surface area contributed by atoms with Crippen LogP contribution in [0.3, 0.4) is 0 Å². The van der Waals surface area contributed by atoms with Gasteiger partial charge in [0.1, 0.15) is 0 Å². The Bertz CT molecular complexity index is 271. The van der Waals surface area contributed by atoms with Crippen molar-refractivity contribution >= 4 is 0 Å². The molecule has 1 heterocycles. The maximum atomic E-state index is 3.51. The van der Waals surface area contributed by atoms with Gasteiger partial charge in [0, 0.05) is 18.6 Å². The van der Waals surface area contributed by atoms with E-state index in [-0.39, 0.29) is 0 Å². The van der Waals surface area contributed by atoms with Gasteiger partial charge in [-0.05, 0) is 70.9 Å². The fourth-order valence-corrected chi connectivity index (χ4v) is 4.53. The fourth-order valence-electron chi connectivity index (χ4n) is 4.53. The third-order valence-corrected chi connectivity index (χ3v) is 5.81. The SMILES string of the molecule is CCCC1CCCC(N(CC2CCNCC2)C(C)C)CC1. The molecule has 0 aromatic heterocycles. The van der Waals surface area contributed by atoms with Gasteiger partial charge in [-0.1, -0.05) is 32.6 Å². The van der Waals surface area contributed by atoms with E-state index in [1.807, 2.05) is 0 Å². The van der Waals surface area contributed by atoms with Crippen LogP contribution in [0.2, 0.25) is 0 Å². The van der Waals surface area contributed by atoms with Gasteiger partial charge in [0.05, 0.1) is 0 Å². The summed E-state index contributed by atoms with van der Waals surface area (Å²) in [5, 5.41) is 3.51. The summed E-state index contributed by atoms with van der Waals surface area (Å²) < 4.78 is 0. The van der Waals surface area contributed by atoms with Gasteiger partial charge in [-0.15, -0.1) is 0 Å². The highest BCUT2D eigenvalue weighted by molar-refractivity contribution is 4.82. The van der Waals surface area contributed by atoms with Crippen LogP contribution < -0.4 is 5.32 Å². The average Bonchev–Trinajstić information content (AvgIpc) is 2.72. The van der Waals surface area contributed by atoms with Crippen molar-refractivity contribution in [2.24, 2.45) is 11.8 Å². The molecular formula is C19H38N2. The van der Waals surface area contributed by atoms with Gasteiger partial charge < -0.3 is 5.32 Å². The smallest absolute Gasteiger partial charge is 0.00981 e. The molecule has 0 bridgehead atoms. The van der Waals surface area contributed by atoms with E-state index in [0.717, 1.165) is 17.9 Å². The maximum absolute atomic E-state index is 3.51. The van der Waals surface area contributed by atoms with Crippen molar-refractivity contribution in [1.29, 1.82) is 0 Å². The molecule has 0 amide bonds. The van der Waals surface area contributed by atoms with Crippen LogP contribution in [-0.2, 0) is 0 Å². The van der Waals surface area contributed by atoms with Crippen molar-refractivity contribution in [1.82, 2.24) is 10.2 Å². The molecule has 2 fully saturated rings. The van der Waals surface area contributed by atoms with Crippen LogP contribution in [0, 0.1) is 11.8 Å². The number of hydrogen-bond donors (Lipinski definition) is 1. The summed E-state index contributed by atoms with van der Waals surface area (Å²) in [6.45, 7) is 11.0. The summed E-state index contributed by atoms with van der Waals surface area (Å²) in [5.74, 6) is 1.95. The third kappa shape index (κ3) is 5.56. The van der Waals surface area contributed by atoms with Crippen LogP contribution in [0.4, 0.5) is 0 Å². The molecule has 0 radical (unpaired) electrons. The molecule has 1 aliphatic carbocycles. The summed E-state index contributed by atoms with van der Waals surface area (Å²) >= 11 is 0. The van der Waals surface area contributed by atoms with Crippen molar-refractivity contribution in [2.75, 3.05) is 19.6 Å². The Morgan fingerprint density at radius 2 is 1.71 bits per heavy atom. The minimum Gasteiger partial charge on any atom is -0.317 e. The predicted molar refractivity (Wildman–Crippen MR) is 92.7 cm³/mol. The zero-order valence-corrected chi connectivity index (χ0v) is 14.7. The number of piperidine rings is 1. The first-order chi connectivity index (χ1) is 10.2. The molecule has 2 unspecified atom stereocenters. The van der Waals surface area contributed by atoms with E-state index in [1.165, 1.54) is 77.4 Å². The number of hydrogen-bond acceptors (Lipinski definition) is 2. The van der Waals surface area contributed by atoms with Gasteiger partial charge >= 0.3 is 0 Å². The van der Waals surface area contributed by atoms with Crippen molar-refractivity contribution in [2.45, 2.75) is 90.6 Å². The highest BCUT2D eigenvalue weighted by Gasteiger charge is 2.27. The van der Waals surface area contributed by atoms with Crippen LogP contribution in [-0.4, -0.2) is 36.6 Å². The Balaban J connectivity index is 1.87. The summed E-state index contributed by atoms with van der Waals surface area (Å²) in [6, 6.07) is 1.58. The second-order valence-electron chi connectivity index (χ2n) is 7.80. The minimum atomic E-state index is 0.715. The largest absolute Gasteiger partial charge is 0.317 e. The average molecular weight is 295 g/mol. The standard InChI is InChI=1S/C19H38N2/c1-4-6-17-7-5-8-19(10-9-17)21(16(2)3)15-18-11-13-20-14-12-18/h16-20H,4-15H2,1-3H3. The summed E-state index contributed by atoms with van der Waals surface area (Å²) in [7, 11) is 0. The first kappa shape index (κ1) is 17.3. The quantitative estimate of drug-likeness (QED) is 0.728. The van der Waals surface area contributed by atoms with Crippen LogP contribution in [0.25, 0.3) is 0 Å². The first-order valence-corrected chi connectivity index (χ1v) is 9.67. The van der Waals surface area contributed by atoms with Gasteiger partial charge in [0.25, 0.3) is 0 Å². The van der Waals surface area contributed by atoms with Gasteiger partial charge in [-0.2, -0.15) is 0 Å². The van der Waals surface area contributed by atoms with E-state index in [1.54, 1.807) is 0 Å². The van der Waals surface area contributed by atoms with E-state index in [9.17, 15) is 0 Å². The molecule has 2 heteroatoms. The lowest BCUT2D eigenvalue weighted by atomic mass is 9.94. The number of nitrogens with one attached hydrogen (secondary N) is 1. The first-order valence-electron chi connectivity index (χ1n) is 9.67. The van der Waals surface area contributed by atoms with Crippen molar-refractivity contribution in [3.05, 3.63) is 0 Å². The highest BCUT2D eigenvalue weighted by Crippen LogP contribution is 2.30. The van der Waals surface area contributed by atoms with E-state index in [4.69, 9.17) is 0 Å². The molecule has 21 heavy (non-hydrogen) atoms. The Kier molecular flexibility index (Phi) is 7.53. The van der Waals surface area contributed by atoms with E-state index in [0.29, 0.717) is 6.04 Å². The molecule has 0 spiro atoms. The number of rotatable bonds is 6. The molecule has 1 N–H and O–H groups in total. The Morgan fingerprint density at radius 3 is 2.38 bits per heavy atom. The predicted octanol–water partition coefficient (Wildman–Crippen LogP) is 4.45.